The fourth-order valence-corrected chi connectivity index (χ4v) is 2.95. The Bertz CT molecular complexity index is 779. The second kappa shape index (κ2) is 4.48. The molecule has 4 heteroatoms. The van der Waals surface area contributed by atoms with Crippen LogP contribution in [0.1, 0.15) is 15.9 Å². The molecule has 0 saturated heterocycles. The van der Waals surface area contributed by atoms with Crippen molar-refractivity contribution >= 4 is 32.9 Å². The number of fused-ring (bicyclic) bond motifs is 1. The van der Waals surface area contributed by atoms with E-state index in [-0.39, 0.29) is 11.3 Å². The molecule has 3 aromatic rings. The maximum Gasteiger partial charge on any atom is 0.196 e. The summed E-state index contributed by atoms with van der Waals surface area (Å²) in [6.07, 6.45) is 0. The van der Waals surface area contributed by atoms with Crippen LogP contribution in [0.3, 0.4) is 0 Å². The lowest BCUT2D eigenvalue weighted by molar-refractivity contribution is 0.104. The van der Waals surface area contributed by atoms with E-state index in [9.17, 15) is 9.18 Å². The lowest BCUT2D eigenvalue weighted by atomic mass is 10.0. The van der Waals surface area contributed by atoms with Crippen molar-refractivity contribution < 1.29 is 9.18 Å². The molecule has 19 heavy (non-hydrogen) atoms. The molecule has 1 aromatic heterocycles. The minimum atomic E-state index is -0.462. The van der Waals surface area contributed by atoms with Crippen LogP contribution >= 0.6 is 11.3 Å². The molecule has 0 atom stereocenters. The summed E-state index contributed by atoms with van der Waals surface area (Å²) in [5.74, 6) is -0.707. The molecule has 2 aromatic carbocycles. The highest BCUT2D eigenvalue weighted by atomic mass is 32.1. The van der Waals surface area contributed by atoms with Crippen LogP contribution in [0.15, 0.2) is 47.8 Å². The zero-order valence-corrected chi connectivity index (χ0v) is 10.7. The first-order valence-electron chi connectivity index (χ1n) is 5.73. The van der Waals surface area contributed by atoms with Crippen molar-refractivity contribution in [2.45, 2.75) is 0 Å². The molecule has 0 aliphatic heterocycles. The number of nitrogens with two attached hydrogens (primary N) is 1. The van der Waals surface area contributed by atoms with Crippen LogP contribution in [0.4, 0.5) is 10.1 Å². The number of benzene rings is 2. The van der Waals surface area contributed by atoms with Gasteiger partial charge in [-0.2, -0.15) is 0 Å². The number of nitrogen functional groups attached to an aromatic ring is 1. The Labute approximate surface area is 113 Å². The molecule has 2 nitrogen and oxygen atoms in total. The van der Waals surface area contributed by atoms with E-state index in [1.165, 1.54) is 29.5 Å². The number of thiophene rings is 1. The van der Waals surface area contributed by atoms with E-state index >= 15 is 0 Å². The molecule has 3 rings (SSSR count). The van der Waals surface area contributed by atoms with Gasteiger partial charge in [0.05, 0.1) is 0 Å². The van der Waals surface area contributed by atoms with E-state index in [1.54, 1.807) is 6.07 Å². The van der Waals surface area contributed by atoms with Gasteiger partial charge in [-0.1, -0.05) is 12.1 Å². The fraction of sp³-hybridized carbons (Fsp3) is 0. The van der Waals surface area contributed by atoms with Gasteiger partial charge in [-0.05, 0) is 41.1 Å². The first kappa shape index (κ1) is 11.9. The highest BCUT2D eigenvalue weighted by Crippen LogP contribution is 2.28. The third kappa shape index (κ3) is 2.00. The zero-order valence-electron chi connectivity index (χ0n) is 9.89. The number of carbonyl (C=O) groups excluding carboxylic acids is 1. The van der Waals surface area contributed by atoms with Crippen molar-refractivity contribution in [2.24, 2.45) is 0 Å². The molecule has 0 unspecified atom stereocenters. The Balaban J connectivity index is 2.19. The summed E-state index contributed by atoms with van der Waals surface area (Å²) in [5.41, 5.74) is 6.82. The molecule has 0 amide bonds. The van der Waals surface area contributed by atoms with Gasteiger partial charge in [-0.3, -0.25) is 4.79 Å². The smallest absolute Gasteiger partial charge is 0.196 e. The van der Waals surface area contributed by atoms with E-state index in [4.69, 9.17) is 5.73 Å². The van der Waals surface area contributed by atoms with Crippen molar-refractivity contribution in [3.8, 4) is 0 Å². The molecule has 1 heterocycles. The van der Waals surface area contributed by atoms with Crippen molar-refractivity contribution in [1.29, 1.82) is 0 Å². The minimum absolute atomic E-state index is 0.209. The van der Waals surface area contributed by atoms with Gasteiger partial charge in [-0.15, -0.1) is 11.3 Å². The van der Waals surface area contributed by atoms with Crippen molar-refractivity contribution in [3.05, 3.63) is 64.8 Å². The summed E-state index contributed by atoms with van der Waals surface area (Å²) in [6, 6.07) is 11.3. The van der Waals surface area contributed by atoms with Crippen molar-refractivity contribution in [1.82, 2.24) is 0 Å². The second-order valence-corrected chi connectivity index (χ2v) is 5.12. The third-order valence-electron chi connectivity index (χ3n) is 2.98. The lowest BCUT2D eigenvalue weighted by Gasteiger charge is -2.06. The number of hydrogen-bond acceptors (Lipinski definition) is 3. The van der Waals surface area contributed by atoms with Crippen LogP contribution in [0.5, 0.6) is 0 Å². The van der Waals surface area contributed by atoms with Gasteiger partial charge in [0, 0.05) is 21.5 Å². The average Bonchev–Trinajstić information content (AvgIpc) is 2.89. The third-order valence-corrected chi connectivity index (χ3v) is 3.95. The maximum absolute atomic E-state index is 13.3. The van der Waals surface area contributed by atoms with Gasteiger partial charge < -0.3 is 5.73 Å². The monoisotopic (exact) mass is 271 g/mol. The summed E-state index contributed by atoms with van der Waals surface area (Å²) in [5, 5.41) is 2.93. The van der Waals surface area contributed by atoms with Gasteiger partial charge in [0.15, 0.2) is 5.78 Å². The number of anilines is 1. The number of ketones is 1. The summed E-state index contributed by atoms with van der Waals surface area (Å²) >= 11 is 1.49. The van der Waals surface area contributed by atoms with E-state index in [0.29, 0.717) is 11.3 Å². The number of hydrogen-bond donors (Lipinski definition) is 1. The Morgan fingerprint density at radius 3 is 2.79 bits per heavy atom. The zero-order chi connectivity index (χ0) is 13.4. The largest absolute Gasteiger partial charge is 0.398 e. The van der Waals surface area contributed by atoms with Crippen LogP contribution in [0.2, 0.25) is 0 Å². The van der Waals surface area contributed by atoms with E-state index in [1.807, 2.05) is 23.6 Å². The molecular weight excluding hydrogens is 261 g/mol. The summed E-state index contributed by atoms with van der Waals surface area (Å²) in [4.78, 5) is 12.5. The number of carbonyl (C=O) groups is 1. The van der Waals surface area contributed by atoms with Gasteiger partial charge in [0.25, 0.3) is 0 Å². The van der Waals surface area contributed by atoms with E-state index < -0.39 is 5.82 Å². The summed E-state index contributed by atoms with van der Waals surface area (Å²) in [6.45, 7) is 0. The maximum atomic E-state index is 13.3. The minimum Gasteiger partial charge on any atom is -0.398 e. The number of rotatable bonds is 2. The predicted molar refractivity (Wildman–Crippen MR) is 76.1 cm³/mol. The highest BCUT2D eigenvalue weighted by molar-refractivity contribution is 7.17. The van der Waals surface area contributed by atoms with E-state index in [0.717, 1.165) is 10.1 Å². The predicted octanol–water partition coefficient (Wildman–Crippen LogP) is 3.85. The Morgan fingerprint density at radius 1 is 1.11 bits per heavy atom. The van der Waals surface area contributed by atoms with Gasteiger partial charge in [0.1, 0.15) is 5.82 Å². The molecular formula is C15H10FNOS. The normalized spacial score (nSPS) is 10.8. The molecule has 0 spiro atoms. The van der Waals surface area contributed by atoms with E-state index in [2.05, 4.69) is 0 Å². The summed E-state index contributed by atoms with van der Waals surface area (Å²) in [7, 11) is 0. The van der Waals surface area contributed by atoms with Crippen LogP contribution in [-0.2, 0) is 0 Å². The SMILES string of the molecule is Nc1ccc(F)cc1C(=O)c1cccc2ccsc12. The molecule has 0 bridgehead atoms. The molecule has 2 N–H and O–H groups in total. The first-order valence-corrected chi connectivity index (χ1v) is 6.61. The van der Waals surface area contributed by atoms with Gasteiger partial charge >= 0.3 is 0 Å². The van der Waals surface area contributed by atoms with Crippen LogP contribution < -0.4 is 5.73 Å². The molecule has 0 saturated carbocycles. The summed E-state index contributed by atoms with van der Waals surface area (Å²) < 4.78 is 14.2. The van der Waals surface area contributed by atoms with Crippen LogP contribution in [0, 0.1) is 5.82 Å². The molecule has 0 radical (unpaired) electrons. The second-order valence-electron chi connectivity index (χ2n) is 4.21. The van der Waals surface area contributed by atoms with Crippen LogP contribution in [0.25, 0.3) is 10.1 Å². The quantitative estimate of drug-likeness (QED) is 0.568. The van der Waals surface area contributed by atoms with Crippen molar-refractivity contribution in [3.63, 3.8) is 0 Å². The molecule has 94 valence electrons. The molecule has 0 aliphatic rings. The van der Waals surface area contributed by atoms with Crippen LogP contribution in [-0.4, -0.2) is 5.78 Å². The first-order chi connectivity index (χ1) is 9.16. The Kier molecular flexibility index (Phi) is 2.80. The number of halogens is 1. The molecule has 0 fully saturated rings. The molecule has 0 aliphatic carbocycles. The Morgan fingerprint density at radius 2 is 1.95 bits per heavy atom. The van der Waals surface area contributed by atoms with Gasteiger partial charge in [-0.25, -0.2) is 4.39 Å². The Hall–Kier alpha value is -2.20. The standard InChI is InChI=1S/C15H10FNOS/c16-10-4-5-13(17)12(8-10)14(18)11-3-1-2-9-6-7-19-15(9)11/h1-8H,17H2. The average molecular weight is 271 g/mol. The highest BCUT2D eigenvalue weighted by Gasteiger charge is 2.16. The lowest BCUT2D eigenvalue weighted by Crippen LogP contribution is -2.06. The topological polar surface area (TPSA) is 43.1 Å². The fourth-order valence-electron chi connectivity index (χ4n) is 2.04. The van der Waals surface area contributed by atoms with Gasteiger partial charge in [0.2, 0.25) is 0 Å². The van der Waals surface area contributed by atoms with Crippen molar-refractivity contribution in [2.75, 3.05) is 5.73 Å².